The lowest BCUT2D eigenvalue weighted by molar-refractivity contribution is -0.120. The Kier molecular flexibility index (Phi) is 6.51. The Hall–Kier alpha value is -1.41. The van der Waals surface area contributed by atoms with Gasteiger partial charge in [0.2, 0.25) is 5.91 Å². The van der Waals surface area contributed by atoms with Crippen LogP contribution in [-0.4, -0.2) is 40.5 Å². The predicted molar refractivity (Wildman–Crippen MR) is 75.1 cm³/mol. The van der Waals surface area contributed by atoms with Gasteiger partial charge < -0.3 is 15.7 Å². The van der Waals surface area contributed by atoms with Gasteiger partial charge in [0.1, 0.15) is 4.47 Å². The Morgan fingerprint density at radius 3 is 2.95 bits per heavy atom. The number of nitrogens with zero attached hydrogens (tertiary/aromatic N) is 2. The van der Waals surface area contributed by atoms with E-state index < -0.39 is 0 Å². The minimum Gasteiger partial charge on any atom is -0.394 e. The average molecular weight is 333 g/mol. The molecule has 3 N–H and O–H groups in total. The number of aromatic nitrogens is 2. The number of amides is 1. The zero-order valence-corrected chi connectivity index (χ0v) is 12.2. The van der Waals surface area contributed by atoms with Crippen molar-refractivity contribution in [2.75, 3.05) is 25.0 Å². The van der Waals surface area contributed by atoms with Gasteiger partial charge in [-0.15, -0.1) is 0 Å². The van der Waals surface area contributed by atoms with Crippen molar-refractivity contribution in [2.45, 2.75) is 19.9 Å². The molecule has 0 aliphatic carbocycles. The number of nitrogens with one attached hydrogen (secondary N) is 2. The van der Waals surface area contributed by atoms with Crippen molar-refractivity contribution in [1.82, 2.24) is 15.1 Å². The molecule has 0 unspecified atom stereocenters. The monoisotopic (exact) mass is 332 g/mol. The van der Waals surface area contributed by atoms with Gasteiger partial charge in [0.05, 0.1) is 25.0 Å². The van der Waals surface area contributed by atoms with Crippen LogP contribution in [0.2, 0.25) is 0 Å². The molecular weight excluding hydrogens is 316 g/mol. The van der Waals surface area contributed by atoms with E-state index in [1.54, 1.807) is 0 Å². The van der Waals surface area contributed by atoms with E-state index in [4.69, 9.17) is 5.11 Å². The maximum atomic E-state index is 11.8. The van der Waals surface area contributed by atoms with E-state index in [2.05, 4.69) is 31.7 Å². The summed E-state index contributed by atoms with van der Waals surface area (Å²) in [6.45, 7) is 2.86. The van der Waals surface area contributed by atoms with Crippen LogP contribution in [0.1, 0.15) is 13.3 Å². The highest BCUT2D eigenvalue weighted by Gasteiger charge is 2.08. The molecule has 0 spiro atoms. The largest absolute Gasteiger partial charge is 0.394 e. The van der Waals surface area contributed by atoms with Crippen molar-refractivity contribution >= 4 is 27.5 Å². The quantitative estimate of drug-likeness (QED) is 0.649. The average Bonchev–Trinajstić information content (AvgIpc) is 2.38. The molecule has 19 heavy (non-hydrogen) atoms. The summed E-state index contributed by atoms with van der Waals surface area (Å²) in [5.41, 5.74) is 0.209. The standard InChI is InChI=1S/C11H17BrN4O3/c1-2-13-9(18)3-4-14-8-7-15-16(5-6-17)11(19)10(8)12/h7,14,17H,2-6H2,1H3,(H,13,18). The number of halogens is 1. The third-order valence-electron chi connectivity index (χ3n) is 2.34. The SMILES string of the molecule is CCNC(=O)CCNc1cnn(CCO)c(=O)c1Br. The highest BCUT2D eigenvalue weighted by Crippen LogP contribution is 2.15. The number of aliphatic hydroxyl groups is 1. The molecule has 0 atom stereocenters. The van der Waals surface area contributed by atoms with Crippen molar-refractivity contribution in [3.05, 3.63) is 21.0 Å². The third-order valence-corrected chi connectivity index (χ3v) is 3.10. The van der Waals surface area contributed by atoms with E-state index in [1.807, 2.05) is 6.92 Å². The Morgan fingerprint density at radius 2 is 2.32 bits per heavy atom. The molecule has 0 saturated carbocycles. The van der Waals surface area contributed by atoms with E-state index in [0.29, 0.717) is 29.7 Å². The fraction of sp³-hybridized carbons (Fsp3) is 0.545. The zero-order valence-electron chi connectivity index (χ0n) is 10.6. The molecule has 1 rings (SSSR count). The summed E-state index contributed by atoms with van der Waals surface area (Å²) in [4.78, 5) is 23.1. The van der Waals surface area contributed by atoms with Gasteiger partial charge in [0.15, 0.2) is 0 Å². The molecular formula is C11H17BrN4O3. The number of carbonyl (C=O) groups excluding carboxylic acids is 1. The molecule has 0 saturated heterocycles. The first kappa shape index (κ1) is 15.6. The van der Waals surface area contributed by atoms with Crippen LogP contribution < -0.4 is 16.2 Å². The molecule has 0 aliphatic heterocycles. The second-order valence-electron chi connectivity index (χ2n) is 3.75. The van der Waals surface area contributed by atoms with E-state index in [9.17, 15) is 9.59 Å². The summed E-state index contributed by atoms with van der Waals surface area (Å²) in [6, 6.07) is 0. The summed E-state index contributed by atoms with van der Waals surface area (Å²) in [5.74, 6) is -0.0484. The van der Waals surface area contributed by atoms with Gasteiger partial charge in [-0.05, 0) is 22.9 Å². The number of aliphatic hydroxyl groups excluding tert-OH is 1. The first-order chi connectivity index (χ1) is 9.10. The normalized spacial score (nSPS) is 10.3. The van der Waals surface area contributed by atoms with Crippen LogP contribution in [0.4, 0.5) is 5.69 Å². The maximum absolute atomic E-state index is 11.8. The van der Waals surface area contributed by atoms with Crippen molar-refractivity contribution in [2.24, 2.45) is 0 Å². The van der Waals surface area contributed by atoms with Gasteiger partial charge in [-0.3, -0.25) is 9.59 Å². The van der Waals surface area contributed by atoms with Crippen LogP contribution in [0.3, 0.4) is 0 Å². The van der Waals surface area contributed by atoms with Gasteiger partial charge in [0, 0.05) is 19.5 Å². The molecule has 0 fully saturated rings. The van der Waals surface area contributed by atoms with E-state index >= 15 is 0 Å². The molecule has 1 amide bonds. The summed E-state index contributed by atoms with van der Waals surface area (Å²) in [7, 11) is 0. The van der Waals surface area contributed by atoms with E-state index in [1.165, 1.54) is 10.9 Å². The lowest BCUT2D eigenvalue weighted by Gasteiger charge is -2.09. The second kappa shape index (κ2) is 7.90. The van der Waals surface area contributed by atoms with Crippen LogP contribution in [0.25, 0.3) is 0 Å². The van der Waals surface area contributed by atoms with Gasteiger partial charge in [0.25, 0.3) is 5.56 Å². The second-order valence-corrected chi connectivity index (χ2v) is 4.55. The fourth-order valence-corrected chi connectivity index (χ4v) is 1.89. The summed E-state index contributed by atoms with van der Waals surface area (Å²) < 4.78 is 1.51. The van der Waals surface area contributed by atoms with Gasteiger partial charge in [-0.2, -0.15) is 5.10 Å². The molecule has 0 bridgehead atoms. The van der Waals surface area contributed by atoms with E-state index in [-0.39, 0.29) is 24.6 Å². The molecule has 1 aromatic rings. The van der Waals surface area contributed by atoms with Gasteiger partial charge >= 0.3 is 0 Å². The number of hydrogen-bond donors (Lipinski definition) is 3. The minimum absolute atomic E-state index is 0.0484. The molecule has 0 radical (unpaired) electrons. The molecule has 0 aliphatic rings. The summed E-state index contributed by atoms with van der Waals surface area (Å²) in [6.07, 6.45) is 1.80. The Labute approximate surface area is 119 Å². The van der Waals surface area contributed by atoms with Gasteiger partial charge in [-0.1, -0.05) is 0 Å². The van der Waals surface area contributed by atoms with Crippen molar-refractivity contribution in [3.8, 4) is 0 Å². The first-order valence-electron chi connectivity index (χ1n) is 5.97. The first-order valence-corrected chi connectivity index (χ1v) is 6.76. The van der Waals surface area contributed by atoms with Crippen LogP contribution in [-0.2, 0) is 11.3 Å². The number of anilines is 1. The van der Waals surface area contributed by atoms with Crippen molar-refractivity contribution in [3.63, 3.8) is 0 Å². The molecule has 1 heterocycles. The third kappa shape index (κ3) is 4.64. The highest BCUT2D eigenvalue weighted by molar-refractivity contribution is 9.10. The maximum Gasteiger partial charge on any atom is 0.283 e. The molecule has 8 heteroatoms. The zero-order chi connectivity index (χ0) is 14.3. The van der Waals surface area contributed by atoms with Crippen molar-refractivity contribution in [1.29, 1.82) is 0 Å². The minimum atomic E-state index is -0.322. The molecule has 106 valence electrons. The lowest BCUT2D eigenvalue weighted by atomic mass is 10.3. The Balaban J connectivity index is 2.62. The highest BCUT2D eigenvalue weighted by atomic mass is 79.9. The van der Waals surface area contributed by atoms with Crippen molar-refractivity contribution < 1.29 is 9.90 Å². The van der Waals surface area contributed by atoms with Crippen LogP contribution in [0.5, 0.6) is 0 Å². The number of rotatable bonds is 7. The van der Waals surface area contributed by atoms with Crippen LogP contribution >= 0.6 is 15.9 Å². The Morgan fingerprint density at radius 1 is 1.58 bits per heavy atom. The van der Waals surface area contributed by atoms with Crippen LogP contribution in [0.15, 0.2) is 15.5 Å². The lowest BCUT2D eigenvalue weighted by Crippen LogP contribution is -2.27. The predicted octanol–water partition coefficient (Wildman–Crippen LogP) is -0.0638. The topological polar surface area (TPSA) is 96.2 Å². The molecule has 7 nitrogen and oxygen atoms in total. The molecule has 0 aromatic carbocycles. The smallest absolute Gasteiger partial charge is 0.283 e. The number of hydrogen-bond acceptors (Lipinski definition) is 5. The summed E-state index contributed by atoms with van der Waals surface area (Å²) in [5, 5.41) is 18.3. The number of carbonyl (C=O) groups is 1. The molecule has 1 aromatic heterocycles. The van der Waals surface area contributed by atoms with E-state index in [0.717, 1.165) is 0 Å². The van der Waals surface area contributed by atoms with Crippen LogP contribution in [0, 0.1) is 0 Å². The summed E-state index contributed by atoms with van der Waals surface area (Å²) >= 11 is 3.18. The Bertz CT molecular complexity index is 489. The van der Waals surface area contributed by atoms with Gasteiger partial charge in [-0.25, -0.2) is 4.68 Å². The fourth-order valence-electron chi connectivity index (χ4n) is 1.44.